The zero-order valence-corrected chi connectivity index (χ0v) is 9.81. The normalized spacial score (nSPS) is 29.0. The highest BCUT2D eigenvalue weighted by molar-refractivity contribution is 7.88. The fourth-order valence-corrected chi connectivity index (χ4v) is 3.36. The zero-order chi connectivity index (χ0) is 10.4. The van der Waals surface area contributed by atoms with E-state index >= 15 is 0 Å². The summed E-state index contributed by atoms with van der Waals surface area (Å²) in [6, 6.07) is 0. The number of sulfonamides is 1. The topological polar surface area (TPSA) is 37.4 Å². The van der Waals surface area contributed by atoms with Gasteiger partial charge < -0.3 is 0 Å². The molecule has 0 spiro atoms. The van der Waals surface area contributed by atoms with E-state index < -0.39 is 10.0 Å². The van der Waals surface area contributed by atoms with E-state index in [1.54, 1.807) is 4.31 Å². The Bertz CT molecular complexity index is 311. The van der Waals surface area contributed by atoms with Gasteiger partial charge in [-0.25, -0.2) is 12.7 Å². The monoisotopic (exact) mass is 217 g/mol. The van der Waals surface area contributed by atoms with E-state index in [1.165, 1.54) is 19.1 Å². The Morgan fingerprint density at radius 3 is 2.07 bits per heavy atom. The highest BCUT2D eigenvalue weighted by atomic mass is 32.2. The van der Waals surface area contributed by atoms with Crippen molar-refractivity contribution in [3.8, 4) is 0 Å². The summed E-state index contributed by atoms with van der Waals surface area (Å²) in [5, 5.41) is 0. The van der Waals surface area contributed by atoms with Crippen LogP contribution >= 0.6 is 0 Å². The van der Waals surface area contributed by atoms with Gasteiger partial charge in [0.25, 0.3) is 0 Å². The lowest BCUT2D eigenvalue weighted by atomic mass is 9.83. The van der Waals surface area contributed by atoms with Crippen molar-refractivity contribution in [3.05, 3.63) is 0 Å². The molecule has 4 heteroatoms. The number of rotatable bonds is 2. The molecule has 3 nitrogen and oxygen atoms in total. The number of piperidine rings is 1. The van der Waals surface area contributed by atoms with Gasteiger partial charge in [-0.2, -0.15) is 0 Å². The second-order valence-corrected chi connectivity index (χ2v) is 7.07. The molecule has 0 amide bonds. The van der Waals surface area contributed by atoms with Gasteiger partial charge in [0, 0.05) is 13.1 Å². The van der Waals surface area contributed by atoms with E-state index in [2.05, 4.69) is 6.92 Å². The first-order valence-corrected chi connectivity index (χ1v) is 7.22. The van der Waals surface area contributed by atoms with Crippen molar-refractivity contribution < 1.29 is 8.42 Å². The fraction of sp³-hybridized carbons (Fsp3) is 1.00. The van der Waals surface area contributed by atoms with Crippen LogP contribution in [0.15, 0.2) is 0 Å². The molecule has 1 saturated carbocycles. The molecule has 1 heterocycles. The van der Waals surface area contributed by atoms with Gasteiger partial charge in [0.1, 0.15) is 0 Å². The van der Waals surface area contributed by atoms with Crippen LogP contribution in [0.2, 0.25) is 0 Å². The molecule has 0 aromatic rings. The third-order valence-electron chi connectivity index (χ3n) is 3.95. The van der Waals surface area contributed by atoms with E-state index in [9.17, 15) is 8.42 Å². The van der Waals surface area contributed by atoms with Crippen molar-refractivity contribution in [3.63, 3.8) is 0 Å². The van der Waals surface area contributed by atoms with Gasteiger partial charge in [0.05, 0.1) is 6.26 Å². The Kier molecular flexibility index (Phi) is 2.39. The van der Waals surface area contributed by atoms with Crippen molar-refractivity contribution in [2.75, 3.05) is 19.3 Å². The first-order valence-electron chi connectivity index (χ1n) is 5.37. The van der Waals surface area contributed by atoms with Crippen LogP contribution in [-0.2, 0) is 10.0 Å². The lowest BCUT2D eigenvalue weighted by Gasteiger charge is -2.33. The second kappa shape index (κ2) is 3.20. The molecule has 2 aliphatic rings. The first kappa shape index (κ1) is 10.4. The van der Waals surface area contributed by atoms with E-state index in [0.717, 1.165) is 31.8 Å². The molecule has 0 bridgehead atoms. The van der Waals surface area contributed by atoms with Gasteiger partial charge >= 0.3 is 0 Å². The Balaban J connectivity index is 1.93. The molecule has 14 heavy (non-hydrogen) atoms. The van der Waals surface area contributed by atoms with Gasteiger partial charge in [-0.1, -0.05) is 6.92 Å². The van der Waals surface area contributed by atoms with Gasteiger partial charge in [-0.15, -0.1) is 0 Å². The lowest BCUT2D eigenvalue weighted by molar-refractivity contribution is 0.204. The van der Waals surface area contributed by atoms with Crippen molar-refractivity contribution in [2.45, 2.75) is 32.6 Å². The molecular formula is C10H19NO2S. The van der Waals surface area contributed by atoms with E-state index in [4.69, 9.17) is 0 Å². The average Bonchev–Trinajstić information content (AvgIpc) is 2.84. The molecule has 2 fully saturated rings. The summed E-state index contributed by atoms with van der Waals surface area (Å²) in [6.07, 6.45) is 6.12. The summed E-state index contributed by atoms with van der Waals surface area (Å²) in [5.74, 6) is 0.764. The smallest absolute Gasteiger partial charge is 0.211 e. The fourth-order valence-electron chi connectivity index (χ4n) is 2.49. The third kappa shape index (κ3) is 1.96. The highest BCUT2D eigenvalue weighted by Crippen LogP contribution is 2.54. The second-order valence-electron chi connectivity index (χ2n) is 5.09. The van der Waals surface area contributed by atoms with E-state index in [1.807, 2.05) is 0 Å². The number of hydrogen-bond donors (Lipinski definition) is 0. The maximum absolute atomic E-state index is 11.3. The van der Waals surface area contributed by atoms with Gasteiger partial charge in [-0.3, -0.25) is 0 Å². The molecule has 1 aliphatic heterocycles. The minimum absolute atomic E-state index is 0.559. The van der Waals surface area contributed by atoms with Crippen molar-refractivity contribution >= 4 is 10.0 Å². The van der Waals surface area contributed by atoms with Crippen LogP contribution in [-0.4, -0.2) is 32.1 Å². The molecule has 0 unspecified atom stereocenters. The molecule has 0 atom stereocenters. The summed E-state index contributed by atoms with van der Waals surface area (Å²) in [6.45, 7) is 3.81. The van der Waals surface area contributed by atoms with Crippen LogP contribution in [0.4, 0.5) is 0 Å². The van der Waals surface area contributed by atoms with Crippen molar-refractivity contribution in [2.24, 2.45) is 11.3 Å². The minimum Gasteiger partial charge on any atom is -0.213 e. The number of nitrogens with zero attached hydrogens (tertiary/aromatic N) is 1. The molecule has 82 valence electrons. The predicted molar refractivity (Wildman–Crippen MR) is 56.5 cm³/mol. The Hall–Kier alpha value is -0.0900. The van der Waals surface area contributed by atoms with Crippen molar-refractivity contribution in [1.82, 2.24) is 4.31 Å². The summed E-state index contributed by atoms with van der Waals surface area (Å²) in [4.78, 5) is 0. The van der Waals surface area contributed by atoms with Crippen LogP contribution in [0.25, 0.3) is 0 Å². The molecule has 0 N–H and O–H groups in total. The van der Waals surface area contributed by atoms with Crippen molar-refractivity contribution in [1.29, 1.82) is 0 Å². The largest absolute Gasteiger partial charge is 0.213 e. The summed E-state index contributed by atoms with van der Waals surface area (Å²) in [5.41, 5.74) is 0.559. The van der Waals surface area contributed by atoms with Crippen LogP contribution in [0, 0.1) is 11.3 Å². The molecule has 0 aromatic heterocycles. The first-order chi connectivity index (χ1) is 6.42. The Morgan fingerprint density at radius 1 is 1.21 bits per heavy atom. The lowest BCUT2D eigenvalue weighted by Crippen LogP contribution is -2.39. The summed E-state index contributed by atoms with van der Waals surface area (Å²) >= 11 is 0. The summed E-state index contributed by atoms with van der Waals surface area (Å²) < 4.78 is 24.2. The SMILES string of the molecule is CC1(C2CCN(S(C)(=O)=O)CC2)CC1. The predicted octanol–water partition coefficient (Wildman–Crippen LogP) is 1.46. The van der Waals surface area contributed by atoms with Crippen LogP contribution in [0.1, 0.15) is 32.6 Å². The maximum Gasteiger partial charge on any atom is 0.211 e. The molecule has 0 aromatic carbocycles. The Labute approximate surface area is 86.5 Å². The summed E-state index contributed by atoms with van der Waals surface area (Å²) in [7, 11) is -2.94. The van der Waals surface area contributed by atoms with Gasteiger partial charge in [0.15, 0.2) is 0 Å². The standard InChI is InChI=1S/C10H19NO2S/c1-10(5-6-10)9-3-7-11(8-4-9)14(2,12)13/h9H,3-8H2,1-2H3. The number of hydrogen-bond acceptors (Lipinski definition) is 2. The van der Waals surface area contributed by atoms with E-state index in [0.29, 0.717) is 5.41 Å². The quantitative estimate of drug-likeness (QED) is 0.702. The van der Waals surface area contributed by atoms with Gasteiger partial charge in [-0.05, 0) is 37.0 Å². The Morgan fingerprint density at radius 2 is 1.71 bits per heavy atom. The molecule has 0 radical (unpaired) electrons. The van der Waals surface area contributed by atoms with Gasteiger partial charge in [0.2, 0.25) is 10.0 Å². The van der Waals surface area contributed by atoms with Crippen LogP contribution in [0.5, 0.6) is 0 Å². The highest BCUT2D eigenvalue weighted by Gasteiger charge is 2.45. The van der Waals surface area contributed by atoms with E-state index in [-0.39, 0.29) is 0 Å². The maximum atomic E-state index is 11.3. The molecular weight excluding hydrogens is 198 g/mol. The molecule has 1 saturated heterocycles. The third-order valence-corrected chi connectivity index (χ3v) is 5.25. The minimum atomic E-state index is -2.94. The van der Waals surface area contributed by atoms with Crippen LogP contribution in [0.3, 0.4) is 0 Å². The average molecular weight is 217 g/mol. The zero-order valence-electron chi connectivity index (χ0n) is 8.99. The van der Waals surface area contributed by atoms with Crippen LogP contribution < -0.4 is 0 Å². The molecule has 2 rings (SSSR count). The molecule has 1 aliphatic carbocycles.